The molecule has 1 atom stereocenters. The molecule has 0 spiro atoms. The minimum atomic E-state index is -1.70. The molecule has 0 radical (unpaired) electrons. The molecule has 0 aromatic heterocycles. The number of rotatable bonds is 7. The monoisotopic (exact) mass is 367 g/mol. The van der Waals surface area contributed by atoms with E-state index in [1.165, 1.54) is 6.92 Å². The number of hydrogen-bond donors (Lipinski definition) is 1. The number of amides is 1. The van der Waals surface area contributed by atoms with Gasteiger partial charge in [0.15, 0.2) is 23.6 Å². The molecule has 1 N–H and O–H groups in total. The number of para-hydroxylation sites is 1. The van der Waals surface area contributed by atoms with Crippen molar-refractivity contribution in [1.29, 1.82) is 0 Å². The molecule has 0 aliphatic carbocycles. The summed E-state index contributed by atoms with van der Waals surface area (Å²) in [5.74, 6) is -5.61. The number of anilines is 1. The summed E-state index contributed by atoms with van der Waals surface area (Å²) >= 11 is 0. The highest BCUT2D eigenvalue weighted by Gasteiger charge is 2.21. The van der Waals surface area contributed by atoms with Gasteiger partial charge in [0.05, 0.1) is 18.7 Å². The predicted octanol–water partition coefficient (Wildman–Crippen LogP) is 3.44. The van der Waals surface area contributed by atoms with E-state index in [9.17, 15) is 22.8 Å². The van der Waals surface area contributed by atoms with Crippen LogP contribution in [0.15, 0.2) is 42.5 Å². The van der Waals surface area contributed by atoms with Gasteiger partial charge in [0, 0.05) is 0 Å². The highest BCUT2D eigenvalue weighted by molar-refractivity contribution is 5.95. The van der Waals surface area contributed by atoms with Gasteiger partial charge in [-0.2, -0.15) is 0 Å². The second kappa shape index (κ2) is 8.89. The maximum atomic E-state index is 13.5. The van der Waals surface area contributed by atoms with Gasteiger partial charge in [-0.3, -0.25) is 9.59 Å². The van der Waals surface area contributed by atoms with E-state index in [4.69, 9.17) is 9.47 Å². The van der Waals surface area contributed by atoms with E-state index in [-0.39, 0.29) is 13.0 Å². The van der Waals surface area contributed by atoms with Gasteiger partial charge in [-0.1, -0.05) is 18.2 Å². The minimum Gasteiger partial charge on any atom is -0.493 e. The summed E-state index contributed by atoms with van der Waals surface area (Å²) in [4.78, 5) is 23.6. The number of halogens is 3. The first-order valence-electron chi connectivity index (χ1n) is 7.70. The SMILES string of the molecule is C[C@H](OC(=O)CCOc1ccccc1)C(=O)Nc1ccc(F)c(F)c1F. The van der Waals surface area contributed by atoms with Crippen LogP contribution in [0.4, 0.5) is 18.9 Å². The smallest absolute Gasteiger partial charge is 0.310 e. The number of hydrogen-bond acceptors (Lipinski definition) is 4. The van der Waals surface area contributed by atoms with Crippen LogP contribution in [0, 0.1) is 17.5 Å². The molecule has 5 nitrogen and oxygen atoms in total. The summed E-state index contributed by atoms with van der Waals surface area (Å²) in [5, 5.41) is 2.04. The zero-order valence-electron chi connectivity index (χ0n) is 13.8. The Balaban J connectivity index is 1.81. The fourth-order valence-electron chi connectivity index (χ4n) is 1.94. The fraction of sp³-hybridized carbons (Fsp3) is 0.222. The van der Waals surface area contributed by atoms with Gasteiger partial charge in [0.2, 0.25) is 0 Å². The van der Waals surface area contributed by atoms with E-state index in [0.717, 1.165) is 6.07 Å². The average Bonchev–Trinajstić information content (AvgIpc) is 2.63. The van der Waals surface area contributed by atoms with E-state index in [0.29, 0.717) is 11.8 Å². The van der Waals surface area contributed by atoms with E-state index < -0.39 is 41.1 Å². The van der Waals surface area contributed by atoms with Crippen LogP contribution in [0.3, 0.4) is 0 Å². The van der Waals surface area contributed by atoms with Crippen LogP contribution >= 0.6 is 0 Å². The van der Waals surface area contributed by atoms with Crippen molar-refractivity contribution >= 4 is 17.6 Å². The highest BCUT2D eigenvalue weighted by Crippen LogP contribution is 2.20. The maximum Gasteiger partial charge on any atom is 0.310 e. The van der Waals surface area contributed by atoms with Crippen molar-refractivity contribution < 1.29 is 32.2 Å². The molecule has 1 amide bonds. The molecular weight excluding hydrogens is 351 g/mol. The van der Waals surface area contributed by atoms with Crippen molar-refractivity contribution in [3.63, 3.8) is 0 Å². The molecule has 0 heterocycles. The topological polar surface area (TPSA) is 64.6 Å². The lowest BCUT2D eigenvalue weighted by Crippen LogP contribution is -2.30. The Bertz CT molecular complexity index is 784. The molecule has 2 aromatic carbocycles. The van der Waals surface area contributed by atoms with Crippen LogP contribution < -0.4 is 10.1 Å². The Morgan fingerprint density at radius 3 is 2.42 bits per heavy atom. The Kier molecular flexibility index (Phi) is 6.60. The third-order valence-corrected chi connectivity index (χ3v) is 3.29. The highest BCUT2D eigenvalue weighted by atomic mass is 19.2. The predicted molar refractivity (Wildman–Crippen MR) is 87.1 cm³/mol. The summed E-state index contributed by atoms with van der Waals surface area (Å²) in [7, 11) is 0. The van der Waals surface area contributed by atoms with Crippen molar-refractivity contribution in [2.75, 3.05) is 11.9 Å². The molecule has 0 aliphatic heterocycles. The normalized spacial score (nSPS) is 11.5. The first-order chi connectivity index (χ1) is 12.4. The molecule has 0 bridgehead atoms. The molecule has 0 fully saturated rings. The van der Waals surface area contributed by atoms with Crippen molar-refractivity contribution in [3.8, 4) is 5.75 Å². The summed E-state index contributed by atoms with van der Waals surface area (Å²) in [6.45, 7) is 1.32. The van der Waals surface area contributed by atoms with E-state index in [1.807, 2.05) is 11.4 Å². The zero-order chi connectivity index (χ0) is 19.1. The Labute approximate surface area is 147 Å². The molecule has 2 rings (SSSR count). The van der Waals surface area contributed by atoms with Gasteiger partial charge in [0.25, 0.3) is 5.91 Å². The molecule has 8 heteroatoms. The van der Waals surface area contributed by atoms with Gasteiger partial charge in [-0.05, 0) is 31.2 Å². The Morgan fingerprint density at radius 2 is 1.73 bits per heavy atom. The molecule has 0 saturated heterocycles. The van der Waals surface area contributed by atoms with E-state index >= 15 is 0 Å². The van der Waals surface area contributed by atoms with E-state index in [2.05, 4.69) is 0 Å². The maximum absolute atomic E-state index is 13.5. The fourth-order valence-corrected chi connectivity index (χ4v) is 1.94. The van der Waals surface area contributed by atoms with Gasteiger partial charge in [-0.25, -0.2) is 13.2 Å². The summed E-state index contributed by atoms with van der Waals surface area (Å²) < 4.78 is 49.7. The van der Waals surface area contributed by atoms with Crippen molar-refractivity contribution in [1.82, 2.24) is 0 Å². The molecule has 2 aromatic rings. The number of esters is 1. The van der Waals surface area contributed by atoms with Crippen molar-refractivity contribution in [2.45, 2.75) is 19.4 Å². The third-order valence-electron chi connectivity index (χ3n) is 3.29. The Hall–Kier alpha value is -3.03. The second-order valence-corrected chi connectivity index (χ2v) is 5.26. The molecule has 0 unspecified atom stereocenters. The number of benzene rings is 2. The van der Waals surface area contributed by atoms with Gasteiger partial charge in [-0.15, -0.1) is 0 Å². The number of carbonyl (C=O) groups is 2. The second-order valence-electron chi connectivity index (χ2n) is 5.26. The summed E-state index contributed by atoms with van der Waals surface area (Å²) in [6.07, 6.45) is -1.36. The lowest BCUT2D eigenvalue weighted by atomic mass is 10.2. The van der Waals surface area contributed by atoms with Crippen molar-refractivity contribution in [3.05, 3.63) is 59.9 Å². The van der Waals surface area contributed by atoms with Gasteiger partial charge in [0.1, 0.15) is 5.75 Å². The van der Waals surface area contributed by atoms with Crippen LogP contribution in [0.2, 0.25) is 0 Å². The molecule has 0 aliphatic rings. The number of carbonyl (C=O) groups excluding carboxylic acids is 2. The summed E-state index contributed by atoms with van der Waals surface area (Å²) in [6, 6.07) is 10.3. The minimum absolute atomic E-state index is 0.0506. The van der Waals surface area contributed by atoms with Crippen molar-refractivity contribution in [2.24, 2.45) is 0 Å². The lowest BCUT2D eigenvalue weighted by Gasteiger charge is -2.14. The quantitative estimate of drug-likeness (QED) is 0.601. The standard InChI is InChI=1S/C18H16F3NO4/c1-11(18(24)22-14-8-7-13(19)16(20)17(14)21)26-15(23)9-10-25-12-5-3-2-4-6-12/h2-8,11H,9-10H2,1H3,(H,22,24)/t11-/m0/s1. The van der Waals surface area contributed by atoms with Crippen LogP contribution in [0.1, 0.15) is 13.3 Å². The molecule has 26 heavy (non-hydrogen) atoms. The first-order valence-corrected chi connectivity index (χ1v) is 7.70. The van der Waals surface area contributed by atoms with Crippen LogP contribution in [0.5, 0.6) is 5.75 Å². The molecule has 0 saturated carbocycles. The average molecular weight is 367 g/mol. The van der Waals surface area contributed by atoms with Crippen LogP contribution in [-0.2, 0) is 14.3 Å². The largest absolute Gasteiger partial charge is 0.493 e. The van der Waals surface area contributed by atoms with Gasteiger partial charge >= 0.3 is 5.97 Å². The van der Waals surface area contributed by atoms with Crippen LogP contribution in [0.25, 0.3) is 0 Å². The number of nitrogens with one attached hydrogen (secondary N) is 1. The first kappa shape index (κ1) is 19.3. The molecular formula is C18H16F3NO4. The number of ether oxygens (including phenoxy) is 2. The molecule has 138 valence electrons. The third kappa shape index (κ3) is 5.23. The lowest BCUT2D eigenvalue weighted by molar-refractivity contribution is -0.153. The van der Waals surface area contributed by atoms with Gasteiger partial charge < -0.3 is 14.8 Å². The van der Waals surface area contributed by atoms with Crippen LogP contribution in [-0.4, -0.2) is 24.6 Å². The summed E-state index contributed by atoms with van der Waals surface area (Å²) in [5.41, 5.74) is -0.552. The Morgan fingerprint density at radius 1 is 1.04 bits per heavy atom. The zero-order valence-corrected chi connectivity index (χ0v) is 13.8. The van der Waals surface area contributed by atoms with E-state index in [1.54, 1.807) is 24.3 Å².